The van der Waals surface area contributed by atoms with Gasteiger partial charge in [-0.3, -0.25) is 0 Å². The average Bonchev–Trinajstić information content (AvgIpc) is 2.99. The molecular weight excluding hydrogens is 293 g/mol. The van der Waals surface area contributed by atoms with Crippen LogP contribution < -0.4 is 5.73 Å². The molecule has 0 radical (unpaired) electrons. The number of benzene rings is 1. The maximum absolute atomic E-state index is 9.86. The number of rotatable bonds is 3. The van der Waals surface area contributed by atoms with Crippen molar-refractivity contribution in [3.05, 3.63) is 28.2 Å². The smallest absolute Gasteiger partial charge is 0.121 e. The van der Waals surface area contributed by atoms with Crippen LogP contribution in [0.1, 0.15) is 24.4 Å². The SMILES string of the molecule is Cl.N[C@@H](c1ccc(Br)cc1O)[C@H](O)C1CC1. The van der Waals surface area contributed by atoms with E-state index in [2.05, 4.69) is 15.9 Å². The highest BCUT2D eigenvalue weighted by atomic mass is 79.9. The molecule has 1 fully saturated rings. The molecule has 2 atom stereocenters. The van der Waals surface area contributed by atoms with Gasteiger partial charge < -0.3 is 15.9 Å². The molecule has 4 N–H and O–H groups in total. The van der Waals surface area contributed by atoms with Crippen LogP contribution in [-0.2, 0) is 0 Å². The number of aliphatic hydroxyl groups excluding tert-OH is 1. The summed E-state index contributed by atoms with van der Waals surface area (Å²) in [6, 6.07) is 4.66. The Morgan fingerprint density at radius 2 is 2.00 bits per heavy atom. The lowest BCUT2D eigenvalue weighted by Crippen LogP contribution is -2.27. The summed E-state index contributed by atoms with van der Waals surface area (Å²) in [5.74, 6) is 0.444. The van der Waals surface area contributed by atoms with Gasteiger partial charge in [-0.05, 0) is 30.9 Å². The third-order valence-corrected chi connectivity index (χ3v) is 3.32. The van der Waals surface area contributed by atoms with Crippen LogP contribution in [0.3, 0.4) is 0 Å². The van der Waals surface area contributed by atoms with E-state index in [1.165, 1.54) is 0 Å². The molecule has 1 aliphatic rings. The molecule has 1 aromatic carbocycles. The Labute approximate surface area is 109 Å². The van der Waals surface area contributed by atoms with E-state index in [0.29, 0.717) is 11.5 Å². The van der Waals surface area contributed by atoms with Gasteiger partial charge in [-0.25, -0.2) is 0 Å². The maximum atomic E-state index is 9.86. The lowest BCUT2D eigenvalue weighted by atomic mass is 9.98. The number of aliphatic hydroxyl groups is 1. The van der Waals surface area contributed by atoms with Crippen molar-refractivity contribution < 1.29 is 10.2 Å². The second-order valence-corrected chi connectivity index (χ2v) is 4.97. The van der Waals surface area contributed by atoms with Crippen molar-refractivity contribution in [2.75, 3.05) is 0 Å². The molecule has 0 amide bonds. The van der Waals surface area contributed by atoms with Crippen LogP contribution in [-0.4, -0.2) is 16.3 Å². The number of nitrogens with two attached hydrogens (primary N) is 1. The van der Waals surface area contributed by atoms with Crippen molar-refractivity contribution in [3.8, 4) is 5.75 Å². The summed E-state index contributed by atoms with van der Waals surface area (Å²) < 4.78 is 0.803. The molecule has 0 spiro atoms. The molecule has 16 heavy (non-hydrogen) atoms. The Balaban J connectivity index is 0.00000128. The van der Waals surface area contributed by atoms with Crippen molar-refractivity contribution >= 4 is 28.3 Å². The maximum Gasteiger partial charge on any atom is 0.121 e. The number of phenols is 1. The van der Waals surface area contributed by atoms with Gasteiger partial charge in [0.2, 0.25) is 0 Å². The zero-order valence-electron chi connectivity index (χ0n) is 8.64. The number of halogens is 2. The summed E-state index contributed by atoms with van der Waals surface area (Å²) in [6.07, 6.45) is 1.52. The average molecular weight is 309 g/mol. The van der Waals surface area contributed by atoms with Crippen LogP contribution >= 0.6 is 28.3 Å². The van der Waals surface area contributed by atoms with E-state index in [1.54, 1.807) is 12.1 Å². The van der Waals surface area contributed by atoms with E-state index in [9.17, 15) is 10.2 Å². The molecule has 0 saturated heterocycles. The molecule has 5 heteroatoms. The minimum Gasteiger partial charge on any atom is -0.508 e. The Kier molecular flexibility index (Phi) is 4.62. The Morgan fingerprint density at radius 1 is 1.38 bits per heavy atom. The first-order valence-electron chi connectivity index (χ1n) is 5.01. The molecule has 1 aliphatic carbocycles. The van der Waals surface area contributed by atoms with Gasteiger partial charge in [0, 0.05) is 10.0 Å². The second-order valence-electron chi connectivity index (χ2n) is 4.06. The number of aromatic hydroxyl groups is 1. The minimum atomic E-state index is -0.544. The molecule has 0 aliphatic heterocycles. The summed E-state index contributed by atoms with van der Waals surface area (Å²) >= 11 is 3.26. The zero-order chi connectivity index (χ0) is 11.0. The number of hydrogen-bond acceptors (Lipinski definition) is 3. The van der Waals surface area contributed by atoms with Crippen molar-refractivity contribution in [3.63, 3.8) is 0 Å². The fourth-order valence-electron chi connectivity index (χ4n) is 1.71. The van der Waals surface area contributed by atoms with E-state index < -0.39 is 12.1 Å². The Morgan fingerprint density at radius 3 is 2.50 bits per heavy atom. The van der Waals surface area contributed by atoms with E-state index in [4.69, 9.17) is 5.73 Å². The molecule has 0 unspecified atom stereocenters. The van der Waals surface area contributed by atoms with E-state index in [-0.39, 0.29) is 18.2 Å². The summed E-state index contributed by atoms with van der Waals surface area (Å²) in [5, 5.41) is 19.5. The molecule has 0 bridgehead atoms. The molecular formula is C11H15BrClNO2. The minimum absolute atomic E-state index is 0. The predicted molar refractivity (Wildman–Crippen MR) is 68.7 cm³/mol. The van der Waals surface area contributed by atoms with Crippen LogP contribution in [0, 0.1) is 5.92 Å². The van der Waals surface area contributed by atoms with Gasteiger partial charge in [-0.15, -0.1) is 12.4 Å². The van der Waals surface area contributed by atoms with Crippen LogP contribution in [0.4, 0.5) is 0 Å². The number of phenolic OH excluding ortho intramolecular Hbond substituents is 1. The fraction of sp³-hybridized carbons (Fsp3) is 0.455. The second kappa shape index (κ2) is 5.36. The molecule has 3 nitrogen and oxygen atoms in total. The van der Waals surface area contributed by atoms with Crippen LogP contribution in [0.15, 0.2) is 22.7 Å². The summed E-state index contributed by atoms with van der Waals surface area (Å²) in [6.45, 7) is 0. The van der Waals surface area contributed by atoms with Crippen molar-refractivity contribution in [1.82, 2.24) is 0 Å². The predicted octanol–water partition coefficient (Wildman–Crippen LogP) is 2.35. The van der Waals surface area contributed by atoms with Crippen molar-refractivity contribution in [1.29, 1.82) is 0 Å². The van der Waals surface area contributed by atoms with Crippen molar-refractivity contribution in [2.24, 2.45) is 11.7 Å². The topological polar surface area (TPSA) is 66.5 Å². The highest BCUT2D eigenvalue weighted by Gasteiger charge is 2.35. The summed E-state index contributed by atoms with van der Waals surface area (Å²) in [7, 11) is 0. The van der Waals surface area contributed by atoms with Gasteiger partial charge in [-0.2, -0.15) is 0 Å². The largest absolute Gasteiger partial charge is 0.508 e. The molecule has 2 rings (SSSR count). The van der Waals surface area contributed by atoms with E-state index >= 15 is 0 Å². The molecule has 90 valence electrons. The first kappa shape index (κ1) is 13.8. The first-order valence-corrected chi connectivity index (χ1v) is 5.81. The van der Waals surface area contributed by atoms with Crippen LogP contribution in [0.2, 0.25) is 0 Å². The lowest BCUT2D eigenvalue weighted by Gasteiger charge is -2.19. The van der Waals surface area contributed by atoms with Gasteiger partial charge in [0.1, 0.15) is 5.75 Å². The van der Waals surface area contributed by atoms with Crippen molar-refractivity contribution in [2.45, 2.75) is 25.0 Å². The van der Waals surface area contributed by atoms with Crippen LogP contribution in [0.25, 0.3) is 0 Å². The fourth-order valence-corrected chi connectivity index (χ4v) is 2.06. The number of hydrogen-bond donors (Lipinski definition) is 3. The van der Waals surface area contributed by atoms with Gasteiger partial charge in [0.25, 0.3) is 0 Å². The van der Waals surface area contributed by atoms with Gasteiger partial charge >= 0.3 is 0 Å². The summed E-state index contributed by atoms with van der Waals surface area (Å²) in [4.78, 5) is 0. The third-order valence-electron chi connectivity index (χ3n) is 2.82. The zero-order valence-corrected chi connectivity index (χ0v) is 11.0. The lowest BCUT2D eigenvalue weighted by molar-refractivity contribution is 0.121. The van der Waals surface area contributed by atoms with Gasteiger partial charge in [0.15, 0.2) is 0 Å². The van der Waals surface area contributed by atoms with Gasteiger partial charge in [-0.1, -0.05) is 22.0 Å². The Hall–Kier alpha value is -0.290. The third kappa shape index (κ3) is 2.88. The quantitative estimate of drug-likeness (QED) is 0.803. The standard InChI is InChI=1S/C11H14BrNO2.ClH/c12-7-3-4-8(9(14)5-7)10(13)11(15)6-1-2-6;/h3-6,10-11,14-15H,1-2,13H2;1H/t10-,11+;/m0./s1. The Bertz CT molecular complexity index is 371. The summed E-state index contributed by atoms with van der Waals surface area (Å²) in [5.41, 5.74) is 6.51. The molecule has 1 saturated carbocycles. The highest BCUT2D eigenvalue weighted by molar-refractivity contribution is 9.10. The molecule has 1 aromatic rings. The van der Waals surface area contributed by atoms with Crippen LogP contribution in [0.5, 0.6) is 5.75 Å². The first-order chi connectivity index (χ1) is 7.09. The normalized spacial score (nSPS) is 18.7. The monoisotopic (exact) mass is 307 g/mol. The molecule has 0 heterocycles. The van der Waals surface area contributed by atoms with Gasteiger partial charge in [0.05, 0.1) is 12.1 Å². The molecule has 0 aromatic heterocycles. The highest BCUT2D eigenvalue weighted by Crippen LogP contribution is 2.39. The van der Waals surface area contributed by atoms with E-state index in [0.717, 1.165) is 17.3 Å². The van der Waals surface area contributed by atoms with E-state index in [1.807, 2.05) is 6.07 Å².